The first-order valence-electron chi connectivity index (χ1n) is 3.55. The molecule has 0 unspecified atom stereocenters. The van der Waals surface area contributed by atoms with Crippen LogP contribution in [-0.2, 0) is 0 Å². The van der Waals surface area contributed by atoms with Gasteiger partial charge in [-0.3, -0.25) is 10.1 Å². The fourth-order valence-electron chi connectivity index (χ4n) is 0.759. The second-order valence-corrected chi connectivity index (χ2v) is 2.61. The summed E-state index contributed by atoms with van der Waals surface area (Å²) in [5, 5.41) is 18.9. The van der Waals surface area contributed by atoms with Crippen LogP contribution in [0.5, 0.6) is 0 Å². The van der Waals surface area contributed by atoms with E-state index in [1.54, 1.807) is 0 Å². The van der Waals surface area contributed by atoms with Gasteiger partial charge in [0.2, 0.25) is 0 Å². The van der Waals surface area contributed by atoms with E-state index in [4.69, 9.17) is 16.7 Å². The normalized spacial score (nSPS) is 9.00. The van der Waals surface area contributed by atoms with Crippen LogP contribution in [0.1, 0.15) is 5.56 Å². The summed E-state index contributed by atoms with van der Waals surface area (Å²) in [4.78, 5) is 13.4. The average molecular weight is 213 g/mol. The number of pyridine rings is 1. The van der Waals surface area contributed by atoms with Crippen molar-refractivity contribution in [3.05, 3.63) is 33.1 Å². The summed E-state index contributed by atoms with van der Waals surface area (Å²) in [5.74, 6) is 4.79. The summed E-state index contributed by atoms with van der Waals surface area (Å²) in [6, 6.07) is 1.21. The summed E-state index contributed by atoms with van der Waals surface area (Å²) in [6.45, 7) is -0.334. The minimum absolute atomic E-state index is 0.0801. The van der Waals surface area contributed by atoms with Gasteiger partial charge < -0.3 is 5.11 Å². The number of aromatic nitrogens is 1. The molecule has 0 saturated carbocycles. The van der Waals surface area contributed by atoms with Crippen molar-refractivity contribution in [2.24, 2.45) is 0 Å². The van der Waals surface area contributed by atoms with E-state index in [0.29, 0.717) is 0 Å². The second kappa shape index (κ2) is 4.56. The quantitative estimate of drug-likeness (QED) is 0.326. The van der Waals surface area contributed by atoms with E-state index in [0.717, 1.165) is 6.20 Å². The molecule has 1 aromatic heterocycles. The van der Waals surface area contributed by atoms with Crippen LogP contribution in [0.4, 0.5) is 5.69 Å². The topological polar surface area (TPSA) is 76.3 Å². The molecule has 5 nitrogen and oxygen atoms in total. The molecule has 0 radical (unpaired) electrons. The van der Waals surface area contributed by atoms with Crippen LogP contribution < -0.4 is 0 Å². The van der Waals surface area contributed by atoms with E-state index >= 15 is 0 Å². The van der Waals surface area contributed by atoms with Crippen molar-refractivity contribution >= 4 is 17.3 Å². The highest BCUT2D eigenvalue weighted by Crippen LogP contribution is 2.17. The molecular weight excluding hydrogens is 208 g/mol. The van der Waals surface area contributed by atoms with Crippen molar-refractivity contribution in [1.82, 2.24) is 4.98 Å². The molecule has 0 atom stereocenters. The lowest BCUT2D eigenvalue weighted by atomic mass is 10.2. The molecule has 14 heavy (non-hydrogen) atoms. The van der Waals surface area contributed by atoms with E-state index in [2.05, 4.69) is 16.8 Å². The first kappa shape index (κ1) is 10.4. The lowest BCUT2D eigenvalue weighted by Gasteiger charge is -1.94. The standard InChI is InChI=1S/C8H5ClN2O3/c9-8-6(2-1-3-12)4-7(5-10-8)11(13)14/h4-5,12H,3H2. The Morgan fingerprint density at radius 2 is 2.43 bits per heavy atom. The number of rotatable bonds is 1. The number of hydrogen-bond donors (Lipinski definition) is 1. The van der Waals surface area contributed by atoms with Gasteiger partial charge in [-0.2, -0.15) is 0 Å². The maximum Gasteiger partial charge on any atom is 0.288 e. The molecule has 1 aromatic rings. The lowest BCUT2D eigenvalue weighted by Crippen LogP contribution is -1.91. The van der Waals surface area contributed by atoms with Gasteiger partial charge >= 0.3 is 0 Å². The highest BCUT2D eigenvalue weighted by atomic mass is 35.5. The highest BCUT2D eigenvalue weighted by molar-refractivity contribution is 6.30. The van der Waals surface area contributed by atoms with Crippen molar-refractivity contribution < 1.29 is 10.0 Å². The molecule has 0 saturated heterocycles. The van der Waals surface area contributed by atoms with Crippen molar-refractivity contribution in [3.8, 4) is 11.8 Å². The maximum atomic E-state index is 10.4. The van der Waals surface area contributed by atoms with Crippen LogP contribution in [0.3, 0.4) is 0 Å². The Morgan fingerprint density at radius 3 is 3.00 bits per heavy atom. The van der Waals surface area contributed by atoms with Crippen LogP contribution in [-0.4, -0.2) is 21.6 Å². The average Bonchev–Trinajstić information content (AvgIpc) is 2.16. The van der Waals surface area contributed by atoms with E-state index in [-0.39, 0.29) is 23.0 Å². The molecule has 0 aliphatic rings. The third-order valence-corrected chi connectivity index (χ3v) is 1.64. The molecule has 72 valence electrons. The van der Waals surface area contributed by atoms with Gasteiger partial charge in [0, 0.05) is 6.07 Å². The van der Waals surface area contributed by atoms with Crippen LogP contribution in [0, 0.1) is 22.0 Å². The Labute approximate surface area is 84.5 Å². The summed E-state index contributed by atoms with van der Waals surface area (Å²) in [7, 11) is 0. The summed E-state index contributed by atoms with van der Waals surface area (Å²) in [5.41, 5.74) is 0.0477. The van der Waals surface area contributed by atoms with Crippen LogP contribution in [0.25, 0.3) is 0 Å². The molecule has 0 amide bonds. The van der Waals surface area contributed by atoms with Crippen molar-refractivity contribution in [2.45, 2.75) is 0 Å². The van der Waals surface area contributed by atoms with Gasteiger partial charge in [-0.15, -0.1) is 0 Å². The third-order valence-electron chi connectivity index (χ3n) is 1.34. The number of nitro groups is 1. The second-order valence-electron chi connectivity index (χ2n) is 2.25. The predicted molar refractivity (Wildman–Crippen MR) is 49.9 cm³/mol. The Bertz CT molecular complexity index is 422. The molecule has 0 aliphatic carbocycles. The molecule has 0 fully saturated rings. The van der Waals surface area contributed by atoms with E-state index in [9.17, 15) is 10.1 Å². The third kappa shape index (κ3) is 2.42. The summed E-state index contributed by atoms with van der Waals surface area (Å²) in [6.07, 6.45) is 1.05. The number of aliphatic hydroxyl groups is 1. The van der Waals surface area contributed by atoms with Crippen molar-refractivity contribution in [1.29, 1.82) is 0 Å². The minimum atomic E-state index is -0.590. The highest BCUT2D eigenvalue weighted by Gasteiger charge is 2.08. The summed E-state index contributed by atoms with van der Waals surface area (Å²) >= 11 is 5.62. The van der Waals surface area contributed by atoms with Crippen LogP contribution in [0.2, 0.25) is 5.15 Å². The molecule has 6 heteroatoms. The van der Waals surface area contributed by atoms with E-state index in [1.807, 2.05) is 0 Å². The van der Waals surface area contributed by atoms with Gasteiger partial charge in [-0.25, -0.2) is 4.98 Å². The zero-order valence-corrected chi connectivity index (χ0v) is 7.65. The molecule has 0 aliphatic heterocycles. The molecular formula is C8H5ClN2O3. The van der Waals surface area contributed by atoms with Crippen molar-refractivity contribution in [3.63, 3.8) is 0 Å². The predicted octanol–water partition coefficient (Wildman–Crippen LogP) is 0.987. The number of nitrogens with zero attached hydrogens (tertiary/aromatic N) is 2. The number of halogens is 1. The number of hydrogen-bond acceptors (Lipinski definition) is 4. The van der Waals surface area contributed by atoms with E-state index in [1.165, 1.54) is 6.07 Å². The largest absolute Gasteiger partial charge is 0.384 e. The molecule has 0 bridgehead atoms. The Hall–Kier alpha value is -1.64. The monoisotopic (exact) mass is 212 g/mol. The van der Waals surface area contributed by atoms with Gasteiger partial charge in [0.25, 0.3) is 5.69 Å². The lowest BCUT2D eigenvalue weighted by molar-refractivity contribution is -0.385. The molecule has 1 rings (SSSR count). The number of aliphatic hydroxyl groups excluding tert-OH is 1. The van der Waals surface area contributed by atoms with Gasteiger partial charge in [0.1, 0.15) is 18.0 Å². The van der Waals surface area contributed by atoms with Gasteiger partial charge in [-0.05, 0) is 0 Å². The zero-order valence-electron chi connectivity index (χ0n) is 6.90. The summed E-state index contributed by atoms with van der Waals surface area (Å²) < 4.78 is 0. The van der Waals surface area contributed by atoms with Crippen molar-refractivity contribution in [2.75, 3.05) is 6.61 Å². The first-order valence-corrected chi connectivity index (χ1v) is 3.92. The minimum Gasteiger partial charge on any atom is -0.384 e. The van der Waals surface area contributed by atoms with Crippen LogP contribution >= 0.6 is 11.6 Å². The SMILES string of the molecule is O=[N+]([O-])c1cnc(Cl)c(C#CCO)c1. The first-order chi connectivity index (χ1) is 6.65. The fraction of sp³-hybridized carbons (Fsp3) is 0.125. The molecule has 1 heterocycles. The van der Waals surface area contributed by atoms with E-state index < -0.39 is 4.92 Å². The van der Waals surface area contributed by atoms with Crippen LogP contribution in [0.15, 0.2) is 12.3 Å². The van der Waals surface area contributed by atoms with Gasteiger partial charge in [0.15, 0.2) is 0 Å². The zero-order chi connectivity index (χ0) is 10.6. The molecule has 0 aromatic carbocycles. The molecule has 0 spiro atoms. The Balaban J connectivity index is 3.14. The van der Waals surface area contributed by atoms with Gasteiger partial charge in [0.05, 0.1) is 10.5 Å². The molecule has 1 N–H and O–H groups in total. The fourth-order valence-corrected chi connectivity index (χ4v) is 0.910. The van der Waals surface area contributed by atoms with Gasteiger partial charge in [-0.1, -0.05) is 23.4 Å². The smallest absolute Gasteiger partial charge is 0.288 e. The maximum absolute atomic E-state index is 10.4. The Kier molecular flexibility index (Phi) is 3.40. The Morgan fingerprint density at radius 1 is 1.71 bits per heavy atom.